The largest absolute Gasteiger partial charge is 0.416 e. The monoisotopic (exact) mass is 790 g/mol. The maximum atomic E-state index is 14.8. The number of halogens is 6. The SMILES string of the molecule is Cc1cc(-c2c3c4ccc5c6c(ccc(c3c(-c3cc(C)cc(C(F)(F)F)c3)c3c7ccc8c9c(ccc(c23)c97)-c2ccccc2-8)c64)-c2ccccc2-5)cc(C(F)(F)F)c1. The Morgan fingerprint density at radius 2 is 0.600 bits per heavy atom. The first-order valence-electron chi connectivity index (χ1n) is 19.9. The van der Waals surface area contributed by atoms with Crippen LogP contribution < -0.4 is 0 Å². The molecule has 0 unspecified atom stereocenters. The summed E-state index contributed by atoms with van der Waals surface area (Å²) in [6.45, 7) is 3.36. The first-order chi connectivity index (χ1) is 28.9. The molecule has 13 rings (SSSR count). The van der Waals surface area contributed by atoms with Crippen molar-refractivity contribution in [2.24, 2.45) is 0 Å². The van der Waals surface area contributed by atoms with E-state index in [0.29, 0.717) is 33.4 Å². The molecule has 6 heteroatoms. The van der Waals surface area contributed by atoms with Crippen LogP contribution in [0.25, 0.3) is 131 Å². The molecule has 0 bridgehead atoms. The van der Waals surface area contributed by atoms with Gasteiger partial charge in [-0.3, -0.25) is 0 Å². The van der Waals surface area contributed by atoms with Crippen LogP contribution in [0.15, 0.2) is 133 Å². The van der Waals surface area contributed by atoms with Gasteiger partial charge in [0.25, 0.3) is 0 Å². The van der Waals surface area contributed by atoms with Crippen LogP contribution in [-0.2, 0) is 12.4 Å². The Labute approximate surface area is 338 Å². The van der Waals surface area contributed by atoms with Crippen molar-refractivity contribution in [3.8, 4) is 66.8 Å². The van der Waals surface area contributed by atoms with Gasteiger partial charge in [-0.1, -0.05) is 109 Å². The van der Waals surface area contributed by atoms with E-state index in [1.54, 1.807) is 13.8 Å². The summed E-state index contributed by atoms with van der Waals surface area (Å²) in [7, 11) is 0. The Balaban J connectivity index is 1.33. The summed E-state index contributed by atoms with van der Waals surface area (Å²) in [5.41, 5.74) is 10.1. The molecule has 286 valence electrons. The van der Waals surface area contributed by atoms with Crippen molar-refractivity contribution in [3.05, 3.63) is 156 Å². The third kappa shape index (κ3) is 4.18. The van der Waals surface area contributed by atoms with Crippen LogP contribution in [0.5, 0.6) is 0 Å². The van der Waals surface area contributed by atoms with Gasteiger partial charge in [0.2, 0.25) is 0 Å². The lowest BCUT2D eigenvalue weighted by atomic mass is 9.85. The predicted molar refractivity (Wildman–Crippen MR) is 233 cm³/mol. The van der Waals surface area contributed by atoms with Gasteiger partial charge in [0.1, 0.15) is 0 Å². The summed E-state index contributed by atoms with van der Waals surface area (Å²) in [6, 6.07) is 41.6. The normalized spacial score (nSPS) is 13.3. The highest BCUT2D eigenvalue weighted by atomic mass is 19.4. The summed E-state index contributed by atoms with van der Waals surface area (Å²) in [6.07, 6.45) is -9.23. The van der Waals surface area contributed by atoms with Crippen LogP contribution in [0.1, 0.15) is 22.3 Å². The quantitative estimate of drug-likeness (QED) is 0.153. The fourth-order valence-electron chi connectivity index (χ4n) is 11.2. The molecular formula is C54H28F6. The molecule has 0 spiro atoms. The highest BCUT2D eigenvalue weighted by Crippen LogP contribution is 2.61. The number of hydrogen-bond donors (Lipinski definition) is 0. The zero-order valence-corrected chi connectivity index (χ0v) is 32.0. The van der Waals surface area contributed by atoms with Gasteiger partial charge in [-0.05, 0) is 181 Å². The van der Waals surface area contributed by atoms with E-state index in [-0.39, 0.29) is 0 Å². The summed E-state index contributed by atoms with van der Waals surface area (Å²) < 4.78 is 89.0. The number of rotatable bonds is 2. The topological polar surface area (TPSA) is 0 Å². The maximum Gasteiger partial charge on any atom is 0.416 e. The van der Waals surface area contributed by atoms with Crippen LogP contribution in [0, 0.1) is 13.8 Å². The first-order valence-corrected chi connectivity index (χ1v) is 19.9. The predicted octanol–water partition coefficient (Wildman–Crippen LogP) is 16.8. The smallest absolute Gasteiger partial charge is 0.166 e. The van der Waals surface area contributed by atoms with Crippen molar-refractivity contribution >= 4 is 64.6 Å². The second-order valence-corrected chi connectivity index (χ2v) is 16.7. The highest BCUT2D eigenvalue weighted by molar-refractivity contribution is 6.48. The standard InChI is InChI=1S/C54H28F6/c1-25-19-27(23-29(21-25)53(55,56)57)43-49-39-15-11-35-31-7-3-5-9-33(31)37-13-17-41(47(39)45(35)37)51(49)44(28-20-26(2)22-30(24-28)54(58,59)60)52-42-18-14-38-34-10-6-4-8-32(34)36-12-16-40(50(43)52)48(42)46(36)38/h3-24H,1-2H3. The maximum absolute atomic E-state index is 14.8. The molecule has 0 atom stereocenters. The highest BCUT2D eigenvalue weighted by Gasteiger charge is 2.36. The molecule has 60 heavy (non-hydrogen) atoms. The van der Waals surface area contributed by atoms with Gasteiger partial charge in [-0.15, -0.1) is 0 Å². The molecule has 0 saturated carbocycles. The van der Waals surface area contributed by atoms with Crippen LogP contribution in [0.2, 0.25) is 0 Å². The molecule has 0 aliphatic heterocycles. The van der Waals surface area contributed by atoms with E-state index in [1.165, 1.54) is 24.3 Å². The molecule has 0 amide bonds. The van der Waals surface area contributed by atoms with Crippen molar-refractivity contribution in [1.29, 1.82) is 0 Å². The minimum atomic E-state index is -4.61. The molecule has 2 aliphatic carbocycles. The van der Waals surface area contributed by atoms with Gasteiger partial charge in [-0.25, -0.2) is 0 Å². The van der Waals surface area contributed by atoms with Crippen LogP contribution in [0.4, 0.5) is 26.3 Å². The molecule has 11 aromatic rings. The summed E-state index contributed by atoms with van der Waals surface area (Å²) in [5.74, 6) is 0. The molecule has 0 aromatic heterocycles. The van der Waals surface area contributed by atoms with Gasteiger partial charge in [0.05, 0.1) is 11.1 Å². The number of benzene rings is 9. The third-order valence-electron chi connectivity index (χ3n) is 13.3. The van der Waals surface area contributed by atoms with E-state index >= 15 is 0 Å². The minimum absolute atomic E-state index is 0.411. The van der Waals surface area contributed by atoms with Gasteiger partial charge in [-0.2, -0.15) is 26.3 Å². The Bertz CT molecular complexity index is 3330. The summed E-state index contributed by atoms with van der Waals surface area (Å²) in [5, 5.41) is 10.3. The van der Waals surface area contributed by atoms with Gasteiger partial charge >= 0.3 is 12.4 Å². The van der Waals surface area contributed by atoms with E-state index in [9.17, 15) is 26.3 Å². The fourth-order valence-corrected chi connectivity index (χ4v) is 11.2. The Hall–Kier alpha value is -6.92. The van der Waals surface area contributed by atoms with Crippen molar-refractivity contribution in [1.82, 2.24) is 0 Å². The van der Waals surface area contributed by atoms with Gasteiger partial charge in [0, 0.05) is 0 Å². The number of fused-ring (bicyclic) bond motifs is 12. The number of aryl methyl sites for hydroxylation is 2. The molecule has 0 saturated heterocycles. The third-order valence-corrected chi connectivity index (χ3v) is 13.3. The first kappa shape index (κ1) is 34.0. The number of hydrogen-bond acceptors (Lipinski definition) is 0. The van der Waals surface area contributed by atoms with Crippen molar-refractivity contribution in [2.75, 3.05) is 0 Å². The van der Waals surface area contributed by atoms with E-state index < -0.39 is 23.5 Å². The van der Waals surface area contributed by atoms with E-state index in [4.69, 9.17) is 0 Å². The second-order valence-electron chi connectivity index (χ2n) is 16.7. The number of alkyl halides is 6. The molecule has 0 radical (unpaired) electrons. The van der Waals surface area contributed by atoms with Crippen LogP contribution in [0.3, 0.4) is 0 Å². The molecule has 11 aromatic carbocycles. The molecular weight excluding hydrogens is 763 g/mol. The zero-order valence-electron chi connectivity index (χ0n) is 32.0. The van der Waals surface area contributed by atoms with E-state index in [2.05, 4.69) is 72.8 Å². The van der Waals surface area contributed by atoms with Gasteiger partial charge < -0.3 is 0 Å². The average molecular weight is 791 g/mol. The average Bonchev–Trinajstić information content (AvgIpc) is 3.94. The Kier molecular flexibility index (Phi) is 6.24. The van der Waals surface area contributed by atoms with Crippen molar-refractivity contribution in [2.45, 2.75) is 26.2 Å². The van der Waals surface area contributed by atoms with E-state index in [1.807, 2.05) is 36.4 Å². The lowest BCUT2D eigenvalue weighted by Gasteiger charge is -2.18. The zero-order chi connectivity index (χ0) is 40.7. The molecule has 2 aliphatic rings. The van der Waals surface area contributed by atoms with Crippen LogP contribution in [-0.4, -0.2) is 0 Å². The lowest BCUT2D eigenvalue weighted by molar-refractivity contribution is -0.138. The van der Waals surface area contributed by atoms with Gasteiger partial charge in [0.15, 0.2) is 0 Å². The van der Waals surface area contributed by atoms with E-state index in [0.717, 1.165) is 109 Å². The Morgan fingerprint density at radius 3 is 0.883 bits per heavy atom. The molecule has 0 fully saturated rings. The van der Waals surface area contributed by atoms with Crippen molar-refractivity contribution < 1.29 is 26.3 Å². The second kappa shape index (κ2) is 11.0. The van der Waals surface area contributed by atoms with Crippen molar-refractivity contribution in [3.63, 3.8) is 0 Å². The fraction of sp³-hybridized carbons (Fsp3) is 0.0741. The lowest BCUT2D eigenvalue weighted by Crippen LogP contribution is -2.06. The summed E-state index contributed by atoms with van der Waals surface area (Å²) >= 11 is 0. The molecule has 0 N–H and O–H groups in total. The molecule has 0 heterocycles. The summed E-state index contributed by atoms with van der Waals surface area (Å²) in [4.78, 5) is 0. The van der Waals surface area contributed by atoms with Crippen LogP contribution >= 0.6 is 0 Å². The minimum Gasteiger partial charge on any atom is -0.166 e. The Morgan fingerprint density at radius 1 is 0.300 bits per heavy atom. The molecule has 0 nitrogen and oxygen atoms in total.